The topological polar surface area (TPSA) is 42.0 Å². The van der Waals surface area contributed by atoms with Gasteiger partial charge < -0.3 is 5.32 Å². The Kier molecular flexibility index (Phi) is 4.78. The quantitative estimate of drug-likeness (QED) is 0.662. The summed E-state index contributed by atoms with van der Waals surface area (Å²) in [5.74, 6) is -0.0465. The molecule has 0 aliphatic carbocycles. The maximum absolute atomic E-state index is 12.7. The average Bonchev–Trinajstić information content (AvgIpc) is 3.00. The predicted molar refractivity (Wildman–Crippen MR) is 100.0 cm³/mol. The largest absolute Gasteiger partial charge is 0.350 e. The van der Waals surface area contributed by atoms with Crippen LogP contribution in [0, 0.1) is 0 Å². The molecule has 1 N–H and O–H groups in total. The van der Waals surface area contributed by atoms with Gasteiger partial charge in [-0.3, -0.25) is 4.79 Å². The Morgan fingerprint density at radius 1 is 1.30 bits per heavy atom. The van der Waals surface area contributed by atoms with Crippen molar-refractivity contribution in [2.45, 2.75) is 26.3 Å². The first-order valence-corrected chi connectivity index (χ1v) is 9.15. The average molecular weight is 389 g/mol. The molecule has 1 atom stereocenters. The molecular weight excluding hydrogens is 372 g/mol. The van der Waals surface area contributed by atoms with Crippen molar-refractivity contribution in [3.05, 3.63) is 51.8 Å². The highest BCUT2D eigenvalue weighted by atomic mass is 79.9. The maximum Gasteiger partial charge on any atom is 0.252 e. The Bertz CT molecular complexity index is 859. The number of aromatic nitrogens is 1. The summed E-state index contributed by atoms with van der Waals surface area (Å²) in [7, 11) is 0. The maximum atomic E-state index is 12.7. The molecule has 5 heteroatoms. The van der Waals surface area contributed by atoms with Crippen LogP contribution in [0.2, 0.25) is 0 Å². The minimum atomic E-state index is -0.0465. The number of benzene rings is 1. The zero-order valence-corrected chi connectivity index (χ0v) is 15.4. The number of hydrogen-bond acceptors (Lipinski definition) is 3. The number of nitrogens with one attached hydrogen (secondary N) is 1. The number of pyridine rings is 1. The molecule has 0 aliphatic heterocycles. The molecule has 0 fully saturated rings. The van der Waals surface area contributed by atoms with E-state index >= 15 is 0 Å². The van der Waals surface area contributed by atoms with Gasteiger partial charge in [0.15, 0.2) is 0 Å². The summed E-state index contributed by atoms with van der Waals surface area (Å²) in [5, 5.41) is 3.93. The van der Waals surface area contributed by atoms with Crippen molar-refractivity contribution in [3.8, 4) is 10.6 Å². The van der Waals surface area contributed by atoms with E-state index in [4.69, 9.17) is 4.98 Å². The molecular formula is C18H17BrN2OS. The van der Waals surface area contributed by atoms with E-state index < -0.39 is 0 Å². The molecule has 3 rings (SSSR count). The summed E-state index contributed by atoms with van der Waals surface area (Å²) >= 11 is 5.09. The molecule has 0 saturated carbocycles. The van der Waals surface area contributed by atoms with Gasteiger partial charge in [-0.2, -0.15) is 0 Å². The van der Waals surface area contributed by atoms with Gasteiger partial charge in [-0.1, -0.05) is 25.1 Å². The normalized spacial score (nSPS) is 12.3. The number of para-hydroxylation sites is 1. The minimum absolute atomic E-state index is 0.0465. The van der Waals surface area contributed by atoms with E-state index in [1.165, 1.54) is 0 Å². The number of fused-ring (bicyclic) bond motifs is 1. The minimum Gasteiger partial charge on any atom is -0.350 e. The number of carbonyl (C=O) groups is 1. The summed E-state index contributed by atoms with van der Waals surface area (Å²) in [6.45, 7) is 4.07. The Morgan fingerprint density at radius 3 is 2.78 bits per heavy atom. The number of carbonyl (C=O) groups excluding carboxylic acids is 1. The second-order valence-corrected chi connectivity index (χ2v) is 7.92. The monoisotopic (exact) mass is 388 g/mol. The smallest absolute Gasteiger partial charge is 0.252 e. The van der Waals surface area contributed by atoms with Gasteiger partial charge in [0.25, 0.3) is 5.91 Å². The van der Waals surface area contributed by atoms with Crippen LogP contribution in [0.4, 0.5) is 0 Å². The van der Waals surface area contributed by atoms with Crippen LogP contribution in [0.25, 0.3) is 21.5 Å². The third-order valence-electron chi connectivity index (χ3n) is 3.78. The van der Waals surface area contributed by atoms with Crippen molar-refractivity contribution in [1.29, 1.82) is 0 Å². The summed E-state index contributed by atoms with van der Waals surface area (Å²) in [6.07, 6.45) is 0.902. The van der Waals surface area contributed by atoms with Crippen LogP contribution in [-0.2, 0) is 0 Å². The van der Waals surface area contributed by atoms with Crippen molar-refractivity contribution in [1.82, 2.24) is 10.3 Å². The SMILES string of the molecule is CC[C@@H](C)NC(=O)c1cc(-c2ccc(Br)s2)nc2ccccc12. The second kappa shape index (κ2) is 6.81. The number of rotatable bonds is 4. The Balaban J connectivity index is 2.13. The first kappa shape index (κ1) is 16.1. The number of thiophene rings is 1. The Hall–Kier alpha value is -1.72. The molecule has 0 unspecified atom stereocenters. The molecule has 0 spiro atoms. The van der Waals surface area contributed by atoms with E-state index in [0.717, 1.165) is 31.7 Å². The Morgan fingerprint density at radius 2 is 2.09 bits per heavy atom. The molecule has 3 nitrogen and oxygen atoms in total. The van der Waals surface area contributed by atoms with Crippen LogP contribution in [0.5, 0.6) is 0 Å². The van der Waals surface area contributed by atoms with Crippen LogP contribution < -0.4 is 5.32 Å². The van der Waals surface area contributed by atoms with Gasteiger partial charge in [0.2, 0.25) is 0 Å². The fourth-order valence-electron chi connectivity index (χ4n) is 2.35. The van der Waals surface area contributed by atoms with Crippen LogP contribution >= 0.6 is 27.3 Å². The summed E-state index contributed by atoms with van der Waals surface area (Å²) in [4.78, 5) is 18.4. The molecule has 0 bridgehead atoms. The standard InChI is InChI=1S/C18H17BrN2OS/c1-3-11(2)20-18(22)13-10-15(16-8-9-17(19)23-16)21-14-7-5-4-6-12(13)14/h4-11H,3H2,1-2H3,(H,20,22)/t11-/m1/s1. The van der Waals surface area contributed by atoms with E-state index in [2.05, 4.69) is 28.2 Å². The molecule has 1 aromatic carbocycles. The molecule has 0 aliphatic rings. The highest BCUT2D eigenvalue weighted by Gasteiger charge is 2.15. The number of nitrogens with zero attached hydrogens (tertiary/aromatic N) is 1. The van der Waals surface area contributed by atoms with E-state index in [9.17, 15) is 4.79 Å². The van der Waals surface area contributed by atoms with Crippen LogP contribution in [-0.4, -0.2) is 16.9 Å². The van der Waals surface area contributed by atoms with E-state index in [1.54, 1.807) is 11.3 Å². The van der Waals surface area contributed by atoms with E-state index in [-0.39, 0.29) is 11.9 Å². The van der Waals surface area contributed by atoms with Crippen LogP contribution in [0.1, 0.15) is 30.6 Å². The first-order valence-electron chi connectivity index (χ1n) is 7.55. The zero-order chi connectivity index (χ0) is 16.4. The van der Waals surface area contributed by atoms with Gasteiger partial charge in [0.1, 0.15) is 0 Å². The molecule has 3 aromatic rings. The van der Waals surface area contributed by atoms with Crippen molar-refractivity contribution < 1.29 is 4.79 Å². The number of amides is 1. The lowest BCUT2D eigenvalue weighted by molar-refractivity contribution is 0.0941. The molecule has 0 radical (unpaired) electrons. The van der Waals surface area contributed by atoms with Gasteiger partial charge in [-0.05, 0) is 53.5 Å². The molecule has 2 heterocycles. The number of hydrogen-bond donors (Lipinski definition) is 1. The fraction of sp³-hybridized carbons (Fsp3) is 0.222. The van der Waals surface area contributed by atoms with Crippen LogP contribution in [0.15, 0.2) is 46.3 Å². The van der Waals surface area contributed by atoms with Crippen molar-refractivity contribution in [2.75, 3.05) is 0 Å². The lowest BCUT2D eigenvalue weighted by atomic mass is 10.1. The summed E-state index contributed by atoms with van der Waals surface area (Å²) in [6, 6.07) is 13.8. The predicted octanol–water partition coefficient (Wildman–Crippen LogP) is 5.25. The van der Waals surface area contributed by atoms with Gasteiger partial charge in [0, 0.05) is 11.4 Å². The van der Waals surface area contributed by atoms with E-state index in [1.807, 2.05) is 49.4 Å². The lowest BCUT2D eigenvalue weighted by Gasteiger charge is -2.13. The highest BCUT2D eigenvalue weighted by molar-refractivity contribution is 9.11. The highest BCUT2D eigenvalue weighted by Crippen LogP contribution is 2.32. The van der Waals surface area contributed by atoms with Gasteiger partial charge >= 0.3 is 0 Å². The van der Waals surface area contributed by atoms with Crippen molar-refractivity contribution in [3.63, 3.8) is 0 Å². The fourth-order valence-corrected chi connectivity index (χ4v) is 3.69. The third-order valence-corrected chi connectivity index (χ3v) is 5.42. The molecule has 23 heavy (non-hydrogen) atoms. The lowest BCUT2D eigenvalue weighted by Crippen LogP contribution is -2.32. The van der Waals surface area contributed by atoms with E-state index in [0.29, 0.717) is 5.56 Å². The second-order valence-electron chi connectivity index (χ2n) is 5.46. The molecule has 1 amide bonds. The molecule has 0 saturated heterocycles. The summed E-state index contributed by atoms with van der Waals surface area (Å²) in [5.41, 5.74) is 2.34. The van der Waals surface area contributed by atoms with Gasteiger partial charge in [0.05, 0.1) is 25.4 Å². The summed E-state index contributed by atoms with van der Waals surface area (Å²) < 4.78 is 1.05. The van der Waals surface area contributed by atoms with Crippen LogP contribution in [0.3, 0.4) is 0 Å². The Labute approximate surface area is 147 Å². The van der Waals surface area contributed by atoms with Crippen molar-refractivity contribution >= 4 is 44.1 Å². The number of halogens is 1. The molecule has 118 valence electrons. The third kappa shape index (κ3) is 3.46. The molecule has 2 aromatic heterocycles. The van der Waals surface area contributed by atoms with Gasteiger partial charge in [-0.15, -0.1) is 11.3 Å². The van der Waals surface area contributed by atoms with Gasteiger partial charge in [-0.25, -0.2) is 4.98 Å². The van der Waals surface area contributed by atoms with Crippen molar-refractivity contribution in [2.24, 2.45) is 0 Å². The first-order chi connectivity index (χ1) is 11.1. The zero-order valence-electron chi connectivity index (χ0n) is 13.0.